The average molecular weight is 305 g/mol. The Bertz CT molecular complexity index is 794. The van der Waals surface area contributed by atoms with Crippen LogP contribution in [0.2, 0.25) is 0 Å². The normalized spacial score (nSPS) is 11.9. The van der Waals surface area contributed by atoms with E-state index in [1.807, 2.05) is 74.5 Å². The third-order valence-electron chi connectivity index (χ3n) is 3.71. The van der Waals surface area contributed by atoms with E-state index in [0.717, 1.165) is 16.9 Å². The molecule has 0 aliphatic rings. The largest absolute Gasteiger partial charge is 0.344 e. The van der Waals surface area contributed by atoms with E-state index in [0.29, 0.717) is 5.69 Å². The Morgan fingerprint density at radius 1 is 1.04 bits per heavy atom. The summed E-state index contributed by atoms with van der Waals surface area (Å²) < 4.78 is 1.68. The fourth-order valence-electron chi connectivity index (χ4n) is 2.52. The van der Waals surface area contributed by atoms with Crippen LogP contribution in [0.1, 0.15) is 34.7 Å². The summed E-state index contributed by atoms with van der Waals surface area (Å²) in [7, 11) is 0. The summed E-state index contributed by atoms with van der Waals surface area (Å²) in [6.45, 7) is 3.86. The van der Waals surface area contributed by atoms with Crippen molar-refractivity contribution < 1.29 is 4.79 Å². The zero-order valence-electron chi connectivity index (χ0n) is 13.2. The van der Waals surface area contributed by atoms with Gasteiger partial charge in [0.25, 0.3) is 5.91 Å². The minimum Gasteiger partial charge on any atom is -0.344 e. The van der Waals surface area contributed by atoms with Crippen molar-refractivity contribution in [3.05, 3.63) is 83.7 Å². The fraction of sp³-hybridized carbons (Fsp3) is 0.158. The molecule has 0 fully saturated rings. The lowest BCUT2D eigenvalue weighted by atomic mass is 10.1. The van der Waals surface area contributed by atoms with Crippen LogP contribution in [0.5, 0.6) is 0 Å². The summed E-state index contributed by atoms with van der Waals surface area (Å²) in [6.07, 6.45) is 0. The van der Waals surface area contributed by atoms with Crippen LogP contribution in [0.25, 0.3) is 5.69 Å². The molecule has 23 heavy (non-hydrogen) atoms. The number of hydrogen-bond acceptors (Lipinski definition) is 2. The van der Waals surface area contributed by atoms with Crippen LogP contribution in [0.3, 0.4) is 0 Å². The second-order valence-electron chi connectivity index (χ2n) is 5.52. The summed E-state index contributed by atoms with van der Waals surface area (Å²) in [5, 5.41) is 7.47. The third kappa shape index (κ3) is 3.31. The summed E-state index contributed by atoms with van der Waals surface area (Å²) in [5.41, 5.74) is 3.30. The molecule has 3 aromatic rings. The first kappa shape index (κ1) is 15.0. The number of hydrogen-bond donors (Lipinski definition) is 1. The number of para-hydroxylation sites is 1. The van der Waals surface area contributed by atoms with Gasteiger partial charge < -0.3 is 5.32 Å². The van der Waals surface area contributed by atoms with E-state index in [-0.39, 0.29) is 11.9 Å². The lowest BCUT2D eigenvalue weighted by Crippen LogP contribution is -2.28. The van der Waals surface area contributed by atoms with Gasteiger partial charge in [-0.3, -0.25) is 4.79 Å². The number of benzene rings is 2. The van der Waals surface area contributed by atoms with Crippen molar-refractivity contribution >= 4 is 5.91 Å². The number of carbonyl (C=O) groups excluding carboxylic acids is 1. The van der Waals surface area contributed by atoms with Crippen molar-refractivity contribution in [3.63, 3.8) is 0 Å². The summed E-state index contributed by atoms with van der Waals surface area (Å²) in [6, 6.07) is 21.3. The second kappa shape index (κ2) is 6.48. The highest BCUT2D eigenvalue weighted by Gasteiger charge is 2.17. The van der Waals surface area contributed by atoms with Gasteiger partial charge in [-0.1, -0.05) is 48.5 Å². The van der Waals surface area contributed by atoms with Crippen LogP contribution in [0.4, 0.5) is 0 Å². The number of rotatable bonds is 4. The predicted molar refractivity (Wildman–Crippen MR) is 90.6 cm³/mol. The van der Waals surface area contributed by atoms with Gasteiger partial charge in [-0.25, -0.2) is 4.68 Å². The monoisotopic (exact) mass is 305 g/mol. The molecule has 4 heteroatoms. The van der Waals surface area contributed by atoms with Gasteiger partial charge in [0, 0.05) is 0 Å². The molecule has 0 bridgehead atoms. The molecule has 1 N–H and O–H groups in total. The molecule has 1 atom stereocenters. The Morgan fingerprint density at radius 2 is 1.65 bits per heavy atom. The van der Waals surface area contributed by atoms with Gasteiger partial charge in [0.1, 0.15) is 5.69 Å². The van der Waals surface area contributed by atoms with Gasteiger partial charge in [0.2, 0.25) is 0 Å². The van der Waals surface area contributed by atoms with Crippen LogP contribution in [0.15, 0.2) is 66.7 Å². The van der Waals surface area contributed by atoms with E-state index in [4.69, 9.17) is 0 Å². The lowest BCUT2D eigenvalue weighted by molar-refractivity contribution is 0.0932. The smallest absolute Gasteiger partial charge is 0.270 e. The summed E-state index contributed by atoms with van der Waals surface area (Å²) in [5.74, 6) is -0.134. The van der Waals surface area contributed by atoms with E-state index in [2.05, 4.69) is 10.4 Å². The number of nitrogens with zero attached hydrogens (tertiary/aromatic N) is 2. The number of amides is 1. The van der Waals surface area contributed by atoms with E-state index in [1.165, 1.54) is 0 Å². The molecule has 1 heterocycles. The third-order valence-corrected chi connectivity index (χ3v) is 3.71. The number of aromatic nitrogens is 2. The first-order valence-corrected chi connectivity index (χ1v) is 7.63. The maximum atomic E-state index is 12.7. The summed E-state index contributed by atoms with van der Waals surface area (Å²) in [4.78, 5) is 12.7. The van der Waals surface area contributed by atoms with Gasteiger partial charge >= 0.3 is 0 Å². The Hall–Kier alpha value is -2.88. The van der Waals surface area contributed by atoms with Crippen molar-refractivity contribution in [1.82, 2.24) is 15.1 Å². The van der Waals surface area contributed by atoms with E-state index in [1.54, 1.807) is 10.7 Å². The molecular formula is C19H19N3O. The van der Waals surface area contributed by atoms with Crippen LogP contribution in [0, 0.1) is 6.92 Å². The van der Waals surface area contributed by atoms with Crippen molar-refractivity contribution in [3.8, 4) is 5.69 Å². The molecule has 0 aliphatic carbocycles. The number of nitrogens with one attached hydrogen (secondary N) is 1. The molecule has 1 unspecified atom stereocenters. The lowest BCUT2D eigenvalue weighted by Gasteiger charge is -2.15. The first-order valence-electron chi connectivity index (χ1n) is 7.63. The molecule has 0 radical (unpaired) electrons. The molecule has 0 saturated heterocycles. The molecule has 0 spiro atoms. The molecule has 3 rings (SSSR count). The Morgan fingerprint density at radius 3 is 2.30 bits per heavy atom. The second-order valence-corrected chi connectivity index (χ2v) is 5.52. The Balaban J connectivity index is 1.86. The molecule has 2 aromatic carbocycles. The van der Waals surface area contributed by atoms with Crippen LogP contribution < -0.4 is 5.32 Å². The topological polar surface area (TPSA) is 46.9 Å². The highest BCUT2D eigenvalue weighted by atomic mass is 16.2. The van der Waals surface area contributed by atoms with Crippen molar-refractivity contribution in [2.45, 2.75) is 19.9 Å². The molecule has 0 saturated carbocycles. The quantitative estimate of drug-likeness (QED) is 0.799. The number of carbonyl (C=O) groups is 1. The zero-order chi connectivity index (χ0) is 16.2. The van der Waals surface area contributed by atoms with Gasteiger partial charge in [0.15, 0.2) is 0 Å². The Labute approximate surface area is 135 Å². The van der Waals surface area contributed by atoms with Crippen molar-refractivity contribution in [1.29, 1.82) is 0 Å². The van der Waals surface area contributed by atoms with Crippen molar-refractivity contribution in [2.75, 3.05) is 0 Å². The van der Waals surface area contributed by atoms with Gasteiger partial charge in [-0.05, 0) is 37.6 Å². The molecule has 1 aromatic heterocycles. The standard InChI is InChI=1S/C19H19N3O/c1-14-13-18(22(21-14)17-11-7-4-8-12-17)19(23)20-15(2)16-9-5-3-6-10-16/h3-13,15H,1-2H3,(H,20,23). The van der Waals surface area contributed by atoms with Gasteiger partial charge in [-0.15, -0.1) is 0 Å². The molecule has 116 valence electrons. The minimum atomic E-state index is -0.134. The Kier molecular flexibility index (Phi) is 4.24. The number of aryl methyl sites for hydroxylation is 1. The SMILES string of the molecule is Cc1cc(C(=O)NC(C)c2ccccc2)n(-c2ccccc2)n1. The molecule has 4 nitrogen and oxygen atoms in total. The molecule has 0 aliphatic heterocycles. The van der Waals surface area contributed by atoms with E-state index >= 15 is 0 Å². The summed E-state index contributed by atoms with van der Waals surface area (Å²) >= 11 is 0. The fourth-order valence-corrected chi connectivity index (χ4v) is 2.52. The van der Waals surface area contributed by atoms with E-state index < -0.39 is 0 Å². The highest BCUT2D eigenvalue weighted by Crippen LogP contribution is 2.15. The molecule has 1 amide bonds. The van der Waals surface area contributed by atoms with Crippen LogP contribution >= 0.6 is 0 Å². The van der Waals surface area contributed by atoms with Crippen molar-refractivity contribution in [2.24, 2.45) is 0 Å². The molecular weight excluding hydrogens is 286 g/mol. The van der Waals surface area contributed by atoms with E-state index in [9.17, 15) is 4.79 Å². The maximum absolute atomic E-state index is 12.7. The minimum absolute atomic E-state index is 0.0665. The first-order chi connectivity index (χ1) is 11.1. The van der Waals surface area contributed by atoms with Crippen LogP contribution in [-0.4, -0.2) is 15.7 Å². The average Bonchev–Trinajstić information content (AvgIpc) is 2.98. The van der Waals surface area contributed by atoms with Crippen LogP contribution in [-0.2, 0) is 0 Å². The van der Waals surface area contributed by atoms with Gasteiger partial charge in [0.05, 0.1) is 17.4 Å². The zero-order valence-corrected chi connectivity index (χ0v) is 13.2. The maximum Gasteiger partial charge on any atom is 0.270 e. The van der Waals surface area contributed by atoms with Gasteiger partial charge in [-0.2, -0.15) is 5.10 Å². The predicted octanol–water partition coefficient (Wildman–Crippen LogP) is 3.67. The highest BCUT2D eigenvalue weighted by molar-refractivity contribution is 5.93.